The Morgan fingerprint density at radius 3 is 2.67 bits per heavy atom. The molecule has 0 saturated carbocycles. The number of benzene rings is 1. The number of rotatable bonds is 3. The molecule has 0 aliphatic carbocycles. The van der Waals surface area contributed by atoms with Crippen molar-refractivity contribution in [2.45, 2.75) is 6.92 Å². The van der Waals surface area contributed by atoms with Gasteiger partial charge in [0.15, 0.2) is 11.6 Å². The van der Waals surface area contributed by atoms with E-state index in [2.05, 4.69) is 42.0 Å². The van der Waals surface area contributed by atoms with Gasteiger partial charge in [0.1, 0.15) is 17.0 Å². The van der Waals surface area contributed by atoms with E-state index in [-0.39, 0.29) is 5.82 Å². The minimum absolute atomic E-state index is 0.319. The van der Waals surface area contributed by atoms with Crippen LogP contribution in [-0.2, 0) is 0 Å². The van der Waals surface area contributed by atoms with E-state index in [0.29, 0.717) is 22.6 Å². The number of imidazole rings is 1. The van der Waals surface area contributed by atoms with Crippen molar-refractivity contribution in [2.75, 3.05) is 38.1 Å². The molecular formula is C24H23FN8. The zero-order valence-corrected chi connectivity index (χ0v) is 18.4. The number of pyridine rings is 2. The summed E-state index contributed by atoms with van der Waals surface area (Å²) in [6, 6.07) is 7.10. The van der Waals surface area contributed by atoms with Crippen molar-refractivity contribution in [2.24, 2.45) is 0 Å². The van der Waals surface area contributed by atoms with Crippen molar-refractivity contribution in [3.63, 3.8) is 0 Å². The molecule has 8 nitrogen and oxygen atoms in total. The first-order valence-electron chi connectivity index (χ1n) is 11.0. The second-order valence-electron chi connectivity index (χ2n) is 8.55. The Balaban J connectivity index is 1.47. The average Bonchev–Trinajstić information content (AvgIpc) is 3.43. The van der Waals surface area contributed by atoms with Crippen LogP contribution >= 0.6 is 0 Å². The first-order valence-corrected chi connectivity index (χ1v) is 11.0. The second-order valence-corrected chi connectivity index (χ2v) is 8.55. The molecule has 0 unspecified atom stereocenters. The number of aromatic nitrogens is 6. The molecule has 1 saturated heterocycles. The van der Waals surface area contributed by atoms with Crippen molar-refractivity contribution >= 4 is 27.8 Å². The van der Waals surface area contributed by atoms with Crippen LogP contribution in [0.15, 0.2) is 42.9 Å². The van der Waals surface area contributed by atoms with Crippen LogP contribution in [0.2, 0.25) is 0 Å². The van der Waals surface area contributed by atoms with E-state index in [0.717, 1.165) is 59.5 Å². The smallest absolute Gasteiger partial charge is 0.159 e. The maximum Gasteiger partial charge on any atom is 0.159 e. The number of likely N-dealkylation sites (N-methyl/N-ethyl adjacent to an activating group) is 1. The summed E-state index contributed by atoms with van der Waals surface area (Å²) in [6.45, 7) is 5.73. The zero-order chi connectivity index (χ0) is 22.5. The molecule has 1 fully saturated rings. The van der Waals surface area contributed by atoms with Crippen LogP contribution in [0.4, 0.5) is 10.2 Å². The lowest BCUT2D eigenvalue weighted by atomic mass is 10.0. The van der Waals surface area contributed by atoms with Crippen LogP contribution in [0, 0.1) is 12.7 Å². The molecule has 6 rings (SSSR count). The largest absolute Gasteiger partial charge is 0.352 e. The van der Waals surface area contributed by atoms with Gasteiger partial charge >= 0.3 is 0 Å². The number of nitrogens with zero attached hydrogens (tertiary/aromatic N) is 6. The number of piperazine rings is 1. The van der Waals surface area contributed by atoms with Gasteiger partial charge in [-0.3, -0.25) is 10.1 Å². The van der Waals surface area contributed by atoms with Gasteiger partial charge in [-0.2, -0.15) is 5.10 Å². The summed E-state index contributed by atoms with van der Waals surface area (Å²) >= 11 is 0. The van der Waals surface area contributed by atoms with E-state index in [9.17, 15) is 4.39 Å². The molecular weight excluding hydrogens is 419 g/mol. The molecule has 0 amide bonds. The minimum Gasteiger partial charge on any atom is -0.352 e. The molecule has 166 valence electrons. The molecule has 1 aromatic carbocycles. The number of H-pyrrole nitrogens is 2. The topological polar surface area (TPSA) is 89.6 Å². The summed E-state index contributed by atoms with van der Waals surface area (Å²) < 4.78 is 14.9. The van der Waals surface area contributed by atoms with E-state index in [1.807, 2.05) is 25.1 Å². The molecule has 33 heavy (non-hydrogen) atoms. The van der Waals surface area contributed by atoms with Crippen LogP contribution in [0.3, 0.4) is 0 Å². The Hall–Kier alpha value is -3.85. The molecule has 1 aliphatic rings. The third kappa shape index (κ3) is 3.32. The van der Waals surface area contributed by atoms with E-state index in [4.69, 9.17) is 4.98 Å². The Morgan fingerprint density at radius 1 is 1.00 bits per heavy atom. The molecule has 0 atom stereocenters. The van der Waals surface area contributed by atoms with Crippen LogP contribution in [0.5, 0.6) is 0 Å². The molecule has 2 N–H and O–H groups in total. The lowest BCUT2D eigenvalue weighted by Crippen LogP contribution is -2.44. The molecule has 9 heteroatoms. The van der Waals surface area contributed by atoms with Crippen LogP contribution in [-0.4, -0.2) is 68.3 Å². The van der Waals surface area contributed by atoms with E-state index < -0.39 is 0 Å². The van der Waals surface area contributed by atoms with Crippen LogP contribution < -0.4 is 4.90 Å². The van der Waals surface area contributed by atoms with Gasteiger partial charge in [0.05, 0.1) is 11.0 Å². The monoisotopic (exact) mass is 442 g/mol. The Morgan fingerprint density at radius 2 is 1.85 bits per heavy atom. The number of fused-ring (bicyclic) bond motifs is 2. The fraction of sp³-hybridized carbons (Fsp3) is 0.250. The number of anilines is 1. The van der Waals surface area contributed by atoms with Gasteiger partial charge in [-0.25, -0.2) is 14.4 Å². The number of halogens is 1. The Kier molecular flexibility index (Phi) is 4.58. The number of nitrogens with one attached hydrogen (secondary N) is 2. The average molecular weight is 443 g/mol. The maximum absolute atomic E-state index is 14.9. The summed E-state index contributed by atoms with van der Waals surface area (Å²) in [4.78, 5) is 21.7. The first-order chi connectivity index (χ1) is 16.1. The summed E-state index contributed by atoms with van der Waals surface area (Å²) in [5.41, 5.74) is 5.19. The third-order valence-electron chi connectivity index (χ3n) is 6.39. The molecule has 5 heterocycles. The van der Waals surface area contributed by atoms with Gasteiger partial charge in [-0.05, 0) is 37.7 Å². The second kappa shape index (κ2) is 7.63. The lowest BCUT2D eigenvalue weighted by Gasteiger charge is -2.33. The summed E-state index contributed by atoms with van der Waals surface area (Å²) in [5.74, 6) is 1.18. The van der Waals surface area contributed by atoms with Crippen molar-refractivity contribution < 1.29 is 4.39 Å². The van der Waals surface area contributed by atoms with E-state index in [1.165, 1.54) is 6.07 Å². The van der Waals surface area contributed by atoms with Crippen molar-refractivity contribution in [1.82, 2.24) is 35.0 Å². The standard InChI is InChI=1S/C24H23FN8/c1-14-3-5-26-13-17(14)15-11-16-20(12-18(15)25)30-31-21(16)23-28-19-4-6-27-24(22(19)29-23)33-9-7-32(2)8-10-33/h3-6,11-13H,7-10H2,1-2H3,(H,28,29)(H,30,31). The molecule has 0 spiro atoms. The Bertz CT molecular complexity index is 1480. The lowest BCUT2D eigenvalue weighted by molar-refractivity contribution is 0.312. The molecule has 5 aromatic rings. The summed E-state index contributed by atoms with van der Waals surface area (Å²) in [5, 5.41) is 8.21. The van der Waals surface area contributed by atoms with Gasteiger partial charge in [-0.1, -0.05) is 0 Å². The summed E-state index contributed by atoms with van der Waals surface area (Å²) in [7, 11) is 2.13. The first kappa shape index (κ1) is 19.8. The van der Waals surface area contributed by atoms with Gasteiger partial charge in [0, 0.05) is 67.3 Å². The van der Waals surface area contributed by atoms with Gasteiger partial charge in [-0.15, -0.1) is 0 Å². The quantitative estimate of drug-likeness (QED) is 0.442. The number of aromatic amines is 2. The zero-order valence-electron chi connectivity index (χ0n) is 18.4. The highest BCUT2D eigenvalue weighted by Crippen LogP contribution is 2.34. The molecule has 1 aliphatic heterocycles. The van der Waals surface area contributed by atoms with Crippen molar-refractivity contribution in [1.29, 1.82) is 0 Å². The normalized spacial score (nSPS) is 15.1. The minimum atomic E-state index is -0.319. The van der Waals surface area contributed by atoms with Crippen LogP contribution in [0.25, 0.3) is 44.6 Å². The van der Waals surface area contributed by atoms with Crippen LogP contribution in [0.1, 0.15) is 5.56 Å². The number of hydrogen-bond acceptors (Lipinski definition) is 6. The highest BCUT2D eigenvalue weighted by Gasteiger charge is 2.21. The third-order valence-corrected chi connectivity index (χ3v) is 6.39. The van der Waals surface area contributed by atoms with Gasteiger partial charge in [0.25, 0.3) is 0 Å². The number of hydrogen-bond donors (Lipinski definition) is 2. The van der Waals surface area contributed by atoms with Crippen molar-refractivity contribution in [3.8, 4) is 22.6 Å². The van der Waals surface area contributed by atoms with Gasteiger partial charge in [0.2, 0.25) is 0 Å². The van der Waals surface area contributed by atoms with E-state index >= 15 is 0 Å². The van der Waals surface area contributed by atoms with E-state index in [1.54, 1.807) is 18.6 Å². The fourth-order valence-corrected chi connectivity index (χ4v) is 4.45. The van der Waals surface area contributed by atoms with Crippen molar-refractivity contribution in [3.05, 3.63) is 54.2 Å². The predicted molar refractivity (Wildman–Crippen MR) is 127 cm³/mol. The van der Waals surface area contributed by atoms with Gasteiger partial charge < -0.3 is 14.8 Å². The summed E-state index contributed by atoms with van der Waals surface area (Å²) in [6.07, 6.45) is 5.20. The highest BCUT2D eigenvalue weighted by atomic mass is 19.1. The fourth-order valence-electron chi connectivity index (χ4n) is 4.45. The SMILES string of the molecule is Cc1ccncc1-c1cc2c(-c3nc4c(N5CCN(C)CC5)nccc4[nH]3)n[nH]c2cc1F. The highest BCUT2D eigenvalue weighted by molar-refractivity contribution is 5.97. The Labute approximate surface area is 189 Å². The number of aryl methyl sites for hydroxylation is 1. The maximum atomic E-state index is 14.9. The molecule has 0 bridgehead atoms. The molecule has 0 radical (unpaired) electrons. The predicted octanol–water partition coefficient (Wildman–Crippen LogP) is 3.76. The molecule has 4 aromatic heterocycles.